The molecule has 0 aliphatic heterocycles. The average Bonchev–Trinajstić information content (AvgIpc) is 2.63. The van der Waals surface area contributed by atoms with E-state index < -0.39 is 0 Å². The van der Waals surface area contributed by atoms with Gasteiger partial charge in [0, 0.05) is 13.6 Å². The highest BCUT2D eigenvalue weighted by Crippen LogP contribution is 2.24. The fourth-order valence-electron chi connectivity index (χ4n) is 3.27. The maximum Gasteiger partial charge on any atom is 0.230 e. The Morgan fingerprint density at radius 3 is 2.33 bits per heavy atom. The van der Waals surface area contributed by atoms with Crippen molar-refractivity contribution in [1.82, 2.24) is 4.90 Å². The van der Waals surface area contributed by atoms with Crippen molar-refractivity contribution in [2.45, 2.75) is 25.8 Å². The minimum absolute atomic E-state index is 0.0776. The predicted molar refractivity (Wildman–Crippen MR) is 99.9 cm³/mol. The third-order valence-electron chi connectivity index (χ3n) is 4.57. The van der Waals surface area contributed by atoms with Crippen LogP contribution in [0.1, 0.15) is 30.4 Å². The van der Waals surface area contributed by atoms with E-state index >= 15 is 0 Å². The molecule has 0 spiro atoms. The van der Waals surface area contributed by atoms with Gasteiger partial charge in [0.15, 0.2) is 0 Å². The number of rotatable bonds is 5. The van der Waals surface area contributed by atoms with Crippen molar-refractivity contribution in [1.29, 1.82) is 0 Å². The Hall–Kier alpha value is -2.61. The van der Waals surface area contributed by atoms with Gasteiger partial charge in [-0.2, -0.15) is 0 Å². The molecule has 0 aliphatic rings. The van der Waals surface area contributed by atoms with Gasteiger partial charge in [-0.1, -0.05) is 79.7 Å². The molecule has 0 radical (unpaired) electrons. The molecule has 24 heavy (non-hydrogen) atoms. The van der Waals surface area contributed by atoms with Crippen LogP contribution in [0.25, 0.3) is 10.8 Å². The molecule has 2 nitrogen and oxygen atoms in total. The molecule has 0 aromatic heterocycles. The molecule has 2 heteroatoms. The van der Waals surface area contributed by atoms with E-state index in [9.17, 15) is 4.79 Å². The van der Waals surface area contributed by atoms with Crippen LogP contribution in [0.3, 0.4) is 0 Å². The number of carbonyl (C=O) groups is 1. The van der Waals surface area contributed by atoms with E-state index in [1.165, 1.54) is 16.3 Å². The molecule has 3 aromatic carbocycles. The van der Waals surface area contributed by atoms with Crippen molar-refractivity contribution in [3.63, 3.8) is 0 Å². The standard InChI is InChI=1S/C22H23NO/c1-3-20(17-10-5-4-6-11-17)22(24)23(2)16-19-14-9-13-18-12-7-8-15-21(18)19/h4-15,20H,3,16H2,1-2H3. The molecule has 1 amide bonds. The molecule has 1 unspecified atom stereocenters. The van der Waals surface area contributed by atoms with Crippen molar-refractivity contribution in [2.24, 2.45) is 0 Å². The van der Waals surface area contributed by atoms with Gasteiger partial charge in [-0.3, -0.25) is 4.79 Å². The number of likely N-dealkylation sites (N-methyl/N-ethyl adjacent to an activating group) is 1. The van der Waals surface area contributed by atoms with Crippen LogP contribution in [-0.4, -0.2) is 17.9 Å². The third-order valence-corrected chi connectivity index (χ3v) is 4.57. The zero-order chi connectivity index (χ0) is 16.9. The first kappa shape index (κ1) is 16.3. The second kappa shape index (κ2) is 7.31. The number of carbonyl (C=O) groups excluding carboxylic acids is 1. The summed E-state index contributed by atoms with van der Waals surface area (Å²) in [5.41, 5.74) is 2.28. The molecule has 0 heterocycles. The van der Waals surface area contributed by atoms with Crippen LogP contribution < -0.4 is 0 Å². The summed E-state index contributed by atoms with van der Waals surface area (Å²) < 4.78 is 0. The quantitative estimate of drug-likeness (QED) is 0.649. The van der Waals surface area contributed by atoms with E-state index in [0.717, 1.165) is 12.0 Å². The van der Waals surface area contributed by atoms with Crippen molar-refractivity contribution >= 4 is 16.7 Å². The summed E-state index contributed by atoms with van der Waals surface area (Å²) in [5, 5.41) is 2.43. The monoisotopic (exact) mass is 317 g/mol. The van der Waals surface area contributed by atoms with Gasteiger partial charge in [-0.25, -0.2) is 0 Å². The highest BCUT2D eigenvalue weighted by atomic mass is 16.2. The van der Waals surface area contributed by atoms with E-state index in [0.29, 0.717) is 6.54 Å². The van der Waals surface area contributed by atoms with Crippen molar-refractivity contribution in [3.8, 4) is 0 Å². The Morgan fingerprint density at radius 2 is 1.58 bits per heavy atom. The zero-order valence-corrected chi connectivity index (χ0v) is 14.3. The first-order valence-corrected chi connectivity index (χ1v) is 8.47. The summed E-state index contributed by atoms with van der Waals surface area (Å²) in [4.78, 5) is 14.8. The molecule has 0 fully saturated rings. The molecule has 0 saturated heterocycles. The lowest BCUT2D eigenvalue weighted by Crippen LogP contribution is -2.31. The second-order valence-electron chi connectivity index (χ2n) is 6.20. The normalized spacial score (nSPS) is 12.1. The van der Waals surface area contributed by atoms with Gasteiger partial charge in [0.1, 0.15) is 0 Å². The Kier molecular flexibility index (Phi) is 4.95. The summed E-state index contributed by atoms with van der Waals surface area (Å²) in [6.45, 7) is 2.70. The molecule has 122 valence electrons. The van der Waals surface area contributed by atoms with Crippen LogP contribution in [0.5, 0.6) is 0 Å². The largest absolute Gasteiger partial charge is 0.341 e. The number of hydrogen-bond donors (Lipinski definition) is 0. The van der Waals surface area contributed by atoms with Crippen LogP contribution in [0.2, 0.25) is 0 Å². The lowest BCUT2D eigenvalue weighted by Gasteiger charge is -2.24. The SMILES string of the molecule is CCC(C(=O)N(C)Cc1cccc2ccccc12)c1ccccc1. The Morgan fingerprint density at radius 1 is 0.917 bits per heavy atom. The molecule has 3 aromatic rings. The van der Waals surface area contributed by atoms with E-state index in [2.05, 4.69) is 37.3 Å². The molecule has 0 N–H and O–H groups in total. The Balaban J connectivity index is 1.83. The molecule has 3 rings (SSSR count). The van der Waals surface area contributed by atoms with Crippen molar-refractivity contribution in [3.05, 3.63) is 83.9 Å². The lowest BCUT2D eigenvalue weighted by atomic mass is 9.95. The number of fused-ring (bicyclic) bond motifs is 1. The van der Waals surface area contributed by atoms with E-state index in [4.69, 9.17) is 0 Å². The van der Waals surface area contributed by atoms with Crippen molar-refractivity contribution < 1.29 is 4.79 Å². The Bertz CT molecular complexity index is 820. The number of benzene rings is 3. The summed E-state index contributed by atoms with van der Waals surface area (Å²) in [6.07, 6.45) is 0.808. The van der Waals surface area contributed by atoms with Crippen molar-refractivity contribution in [2.75, 3.05) is 7.05 Å². The zero-order valence-electron chi connectivity index (χ0n) is 14.3. The third kappa shape index (κ3) is 3.33. The molecular weight excluding hydrogens is 294 g/mol. The molecule has 0 saturated carbocycles. The molecule has 0 bridgehead atoms. The number of hydrogen-bond acceptors (Lipinski definition) is 1. The van der Waals surface area contributed by atoms with Gasteiger partial charge in [-0.05, 0) is 28.3 Å². The van der Waals surface area contributed by atoms with Gasteiger partial charge in [-0.15, -0.1) is 0 Å². The first-order valence-electron chi connectivity index (χ1n) is 8.47. The number of amides is 1. The van der Waals surface area contributed by atoms with Crippen LogP contribution in [0.4, 0.5) is 0 Å². The van der Waals surface area contributed by atoms with E-state index in [-0.39, 0.29) is 11.8 Å². The van der Waals surface area contributed by atoms with E-state index in [1.807, 2.05) is 54.4 Å². The van der Waals surface area contributed by atoms with Gasteiger partial charge in [0.2, 0.25) is 5.91 Å². The van der Waals surface area contributed by atoms with Gasteiger partial charge < -0.3 is 4.90 Å². The molecule has 1 atom stereocenters. The smallest absolute Gasteiger partial charge is 0.230 e. The summed E-state index contributed by atoms with van der Waals surface area (Å²) in [6, 6.07) is 24.7. The predicted octanol–water partition coefficient (Wildman–Crippen LogP) is 4.99. The fourth-order valence-corrected chi connectivity index (χ4v) is 3.27. The molecule has 0 aliphatic carbocycles. The van der Waals surface area contributed by atoms with Gasteiger partial charge >= 0.3 is 0 Å². The fraction of sp³-hybridized carbons (Fsp3) is 0.227. The van der Waals surface area contributed by atoms with Crippen LogP contribution >= 0.6 is 0 Å². The highest BCUT2D eigenvalue weighted by Gasteiger charge is 2.22. The summed E-state index contributed by atoms with van der Waals surface area (Å²) >= 11 is 0. The second-order valence-corrected chi connectivity index (χ2v) is 6.20. The molecular formula is C22H23NO. The highest BCUT2D eigenvalue weighted by molar-refractivity contribution is 5.87. The lowest BCUT2D eigenvalue weighted by molar-refractivity contribution is -0.132. The van der Waals surface area contributed by atoms with Gasteiger partial charge in [0.25, 0.3) is 0 Å². The summed E-state index contributed by atoms with van der Waals surface area (Å²) in [7, 11) is 1.90. The minimum atomic E-state index is -0.0776. The van der Waals surface area contributed by atoms with E-state index in [1.54, 1.807) is 0 Å². The van der Waals surface area contributed by atoms with Gasteiger partial charge in [0.05, 0.1) is 5.92 Å². The van der Waals surface area contributed by atoms with Crippen LogP contribution in [0, 0.1) is 0 Å². The minimum Gasteiger partial charge on any atom is -0.341 e. The maximum atomic E-state index is 12.9. The summed E-state index contributed by atoms with van der Waals surface area (Å²) in [5.74, 6) is 0.0998. The van der Waals surface area contributed by atoms with Crippen LogP contribution in [-0.2, 0) is 11.3 Å². The first-order chi connectivity index (χ1) is 11.7. The average molecular weight is 317 g/mol. The van der Waals surface area contributed by atoms with Crippen LogP contribution in [0.15, 0.2) is 72.8 Å². The number of nitrogens with zero attached hydrogens (tertiary/aromatic N) is 1. The topological polar surface area (TPSA) is 20.3 Å². The Labute approximate surface area is 143 Å². The maximum absolute atomic E-state index is 12.9.